The van der Waals surface area contributed by atoms with E-state index in [9.17, 15) is 62.3 Å². The molecule has 0 aromatic carbocycles. The number of hydrogen-bond donors (Lipinski definition) is 0. The van der Waals surface area contributed by atoms with Gasteiger partial charge in [0.25, 0.3) is 0 Å². The Morgan fingerprint density at radius 1 is 0.808 bits per heavy atom. The topological polar surface area (TPSA) is 43.4 Å². The molecule has 26 heavy (non-hydrogen) atoms. The first-order valence-corrected chi connectivity index (χ1v) is 6.85. The van der Waals surface area contributed by atoms with Gasteiger partial charge in [0.15, 0.2) is 0 Å². The largest absolute Gasteiger partial charge is 0.466 e. The van der Waals surface area contributed by atoms with Gasteiger partial charge in [-0.05, 0) is 6.92 Å². The number of hydrogen-bond acceptors (Lipinski definition) is 3. The molecular formula is C10H7F12IO3. The van der Waals surface area contributed by atoms with Crippen molar-refractivity contribution in [2.24, 2.45) is 0 Å². The molecule has 0 atom stereocenters. The van der Waals surface area contributed by atoms with E-state index >= 15 is 0 Å². The summed E-state index contributed by atoms with van der Waals surface area (Å²) in [7, 11) is 0. The Kier molecular flexibility index (Phi) is 9.24. The Labute approximate surface area is 150 Å². The third kappa shape index (κ3) is 7.34. The lowest BCUT2D eigenvalue weighted by atomic mass is 10.2. The molecule has 0 radical (unpaired) electrons. The van der Waals surface area contributed by atoms with Gasteiger partial charge < -0.3 is 4.74 Å². The summed E-state index contributed by atoms with van der Waals surface area (Å²) < 4.78 is 138. The molecule has 0 aliphatic carbocycles. The molecule has 0 unspecified atom stereocenters. The number of carbonyl (C=O) groups excluding carboxylic acids is 2. The molecule has 0 aliphatic rings. The van der Waals surface area contributed by atoms with Crippen LogP contribution < -0.4 is 0 Å². The first-order valence-electron chi connectivity index (χ1n) is 5.77. The maximum absolute atomic E-state index is 12.0. The Morgan fingerprint density at radius 3 is 1.38 bits per heavy atom. The fourth-order valence-corrected chi connectivity index (χ4v) is 1.14. The van der Waals surface area contributed by atoms with Crippen molar-refractivity contribution in [2.45, 2.75) is 41.5 Å². The zero-order valence-corrected chi connectivity index (χ0v) is 14.2. The minimum atomic E-state index is -6.77. The van der Waals surface area contributed by atoms with Crippen LogP contribution in [0.5, 0.6) is 0 Å². The second kappa shape index (κ2) is 8.81. The highest BCUT2D eigenvalue weighted by Crippen LogP contribution is 2.55. The molecule has 0 fully saturated rings. The third-order valence-corrected chi connectivity index (χ3v) is 2.71. The molecule has 0 N–H and O–H groups in total. The number of ether oxygens (including phenoxy) is 1. The molecule has 0 heterocycles. The van der Waals surface area contributed by atoms with E-state index in [0.717, 1.165) is 0 Å². The Morgan fingerprint density at radius 2 is 1.19 bits per heavy atom. The lowest BCUT2D eigenvalue weighted by molar-refractivity contribution is -0.378. The highest BCUT2D eigenvalue weighted by Gasteiger charge is 2.81. The fourth-order valence-electron chi connectivity index (χ4n) is 0.799. The van der Waals surface area contributed by atoms with Gasteiger partial charge in [-0.3, -0.25) is 9.59 Å². The highest BCUT2D eigenvalue weighted by atomic mass is 127. The summed E-state index contributed by atoms with van der Waals surface area (Å²) in [6.07, 6.45) is -12.9. The number of halogens is 13. The van der Waals surface area contributed by atoms with Crippen LogP contribution in [-0.2, 0) is 14.3 Å². The quantitative estimate of drug-likeness (QED) is 0.167. The molecule has 0 aromatic heterocycles. The molecule has 0 aliphatic heterocycles. The maximum Gasteiger partial charge on any atom is 0.460 e. The van der Waals surface area contributed by atoms with Crippen LogP contribution >= 0.6 is 22.6 Å². The molecule has 0 saturated heterocycles. The normalized spacial score (nSPS) is 13.6. The Hall–Kier alpha value is -0.970. The van der Waals surface area contributed by atoms with Crippen molar-refractivity contribution in [3.05, 3.63) is 0 Å². The van der Waals surface area contributed by atoms with E-state index < -0.39 is 68.9 Å². The van der Waals surface area contributed by atoms with Gasteiger partial charge in [0.1, 0.15) is 6.42 Å². The summed E-state index contributed by atoms with van der Waals surface area (Å²) in [5, 5.41) is 0. The predicted octanol–water partition coefficient (Wildman–Crippen LogP) is 4.92. The molecule has 0 bridgehead atoms. The van der Waals surface area contributed by atoms with Gasteiger partial charge in [-0.1, -0.05) is 0 Å². The molecule has 0 saturated carbocycles. The highest BCUT2D eigenvalue weighted by molar-refractivity contribution is 14.1. The number of alkyl halides is 13. The van der Waals surface area contributed by atoms with Crippen molar-refractivity contribution in [3.63, 3.8) is 0 Å². The van der Waals surface area contributed by atoms with Crippen LogP contribution in [0.1, 0.15) is 13.3 Å². The van der Waals surface area contributed by atoms with Crippen molar-refractivity contribution < 1.29 is 67.0 Å². The average Bonchev–Trinajstić information content (AvgIpc) is 2.35. The number of Topliss-reactive ketones (excluding diaryl/α,β-unsaturated/α-hetero) is 1. The number of esters is 1. The van der Waals surface area contributed by atoms with Gasteiger partial charge >= 0.3 is 34.1 Å². The molecule has 0 amide bonds. The van der Waals surface area contributed by atoms with Crippen molar-refractivity contribution in [1.29, 1.82) is 0 Å². The molecule has 0 spiro atoms. The van der Waals surface area contributed by atoms with Crippen LogP contribution in [0.25, 0.3) is 0 Å². The summed E-state index contributed by atoms with van der Waals surface area (Å²) in [5.41, 5.74) is 0. The van der Waals surface area contributed by atoms with Gasteiger partial charge in [-0.25, -0.2) is 0 Å². The summed E-state index contributed by atoms with van der Waals surface area (Å²) in [6.45, 7) is 1.40. The Balaban J connectivity index is 0. The molecular weight excluding hydrogens is 523 g/mol. The van der Waals surface area contributed by atoms with E-state index in [1.54, 1.807) is 0 Å². The summed E-state index contributed by atoms with van der Waals surface area (Å²) in [5.74, 6) is -16.5. The lowest BCUT2D eigenvalue weighted by Gasteiger charge is -2.30. The number of carbonyl (C=O) groups is 2. The minimum absolute atomic E-state index is 0.0377. The molecule has 156 valence electrons. The van der Waals surface area contributed by atoms with Crippen LogP contribution in [0.3, 0.4) is 0 Å². The van der Waals surface area contributed by atoms with E-state index in [4.69, 9.17) is 0 Å². The first kappa shape index (κ1) is 27.3. The van der Waals surface area contributed by atoms with E-state index in [1.807, 2.05) is 0 Å². The zero-order chi connectivity index (χ0) is 21.8. The van der Waals surface area contributed by atoms with Crippen LogP contribution in [-0.4, -0.2) is 46.5 Å². The van der Waals surface area contributed by atoms with Gasteiger partial charge in [0.05, 0.1) is 6.61 Å². The third-order valence-electron chi connectivity index (χ3n) is 2.03. The Bertz CT molecular complexity index is 467. The zero-order valence-electron chi connectivity index (χ0n) is 12.1. The lowest BCUT2D eigenvalue weighted by Crippen LogP contribution is -2.58. The molecule has 3 nitrogen and oxygen atoms in total. The van der Waals surface area contributed by atoms with Crippen molar-refractivity contribution in [2.75, 3.05) is 6.61 Å². The van der Waals surface area contributed by atoms with Crippen molar-refractivity contribution in [1.82, 2.24) is 0 Å². The summed E-state index contributed by atoms with van der Waals surface area (Å²) in [4.78, 5) is 20.5. The van der Waals surface area contributed by atoms with Gasteiger partial charge in [-0.15, -0.1) is 0 Å². The summed E-state index contributed by atoms with van der Waals surface area (Å²) in [6, 6.07) is 0. The van der Waals surface area contributed by atoms with E-state index in [1.165, 1.54) is 6.92 Å². The smallest absolute Gasteiger partial charge is 0.460 e. The van der Waals surface area contributed by atoms with Gasteiger partial charge in [0.2, 0.25) is 5.78 Å². The number of ketones is 1. The average molecular weight is 530 g/mol. The van der Waals surface area contributed by atoms with Crippen LogP contribution in [0.2, 0.25) is 0 Å². The fraction of sp³-hybridized carbons (Fsp3) is 0.800. The van der Waals surface area contributed by atoms with Gasteiger partial charge in [-0.2, -0.15) is 52.7 Å². The number of rotatable bonds is 5. The van der Waals surface area contributed by atoms with Crippen LogP contribution in [0.15, 0.2) is 0 Å². The first-order chi connectivity index (χ1) is 11.1. The van der Waals surface area contributed by atoms with E-state index in [0.29, 0.717) is 0 Å². The maximum atomic E-state index is 12.0. The van der Waals surface area contributed by atoms with Crippen LogP contribution in [0, 0.1) is 0 Å². The van der Waals surface area contributed by atoms with Crippen molar-refractivity contribution >= 4 is 34.3 Å². The van der Waals surface area contributed by atoms with Gasteiger partial charge in [0, 0.05) is 22.6 Å². The molecule has 0 rings (SSSR count). The van der Waals surface area contributed by atoms with Crippen LogP contribution in [0.4, 0.5) is 52.7 Å². The van der Waals surface area contributed by atoms with E-state index in [-0.39, 0.29) is 6.61 Å². The molecule has 0 aromatic rings. The minimum Gasteiger partial charge on any atom is -0.466 e. The monoisotopic (exact) mass is 530 g/mol. The van der Waals surface area contributed by atoms with E-state index in [2.05, 4.69) is 4.74 Å². The summed E-state index contributed by atoms with van der Waals surface area (Å²) >= 11 is -0.479. The van der Waals surface area contributed by atoms with Crippen molar-refractivity contribution in [3.8, 4) is 0 Å². The molecule has 16 heteroatoms. The predicted molar refractivity (Wildman–Crippen MR) is 67.2 cm³/mol. The standard InChI is InChI=1S/C6H7F3O3.C4F9I/c1-2-12-5(11)3-4(10)6(7,8)9;5-1(6,3(9,10)11)2(7,8)4(12,13)14/h2-3H2,1H3;. The SMILES string of the molecule is CCOC(=O)CC(=O)C(F)(F)F.FC(F)(F)C(F)(F)C(F)(F)C(F)(F)I. The second-order valence-electron chi connectivity index (χ2n) is 4.05. The second-order valence-corrected chi connectivity index (χ2v) is 5.40.